The number of hydrogen-bond donors (Lipinski definition) is 1. The van der Waals surface area contributed by atoms with Crippen LogP contribution in [0.25, 0.3) is 10.9 Å². The van der Waals surface area contributed by atoms with Crippen molar-refractivity contribution in [2.45, 2.75) is 26.2 Å². The van der Waals surface area contributed by atoms with Gasteiger partial charge in [0, 0.05) is 23.6 Å². The molecular formula is C21H20N2O4. The molecule has 0 spiro atoms. The molecule has 4 rings (SSSR count). The fourth-order valence-corrected chi connectivity index (χ4v) is 3.42. The fourth-order valence-electron chi connectivity index (χ4n) is 3.42. The van der Waals surface area contributed by atoms with Crippen LogP contribution >= 0.6 is 0 Å². The van der Waals surface area contributed by atoms with Crippen LogP contribution in [-0.4, -0.2) is 24.1 Å². The van der Waals surface area contributed by atoms with Crippen LogP contribution in [0.1, 0.15) is 39.7 Å². The normalized spacial score (nSPS) is 16.6. The molecule has 1 N–H and O–H groups in total. The highest BCUT2D eigenvalue weighted by Crippen LogP contribution is 2.26. The number of rotatable bonds is 3. The van der Waals surface area contributed by atoms with E-state index in [-0.39, 0.29) is 11.5 Å². The molecule has 1 aromatic carbocycles. The Labute approximate surface area is 156 Å². The second-order valence-corrected chi connectivity index (χ2v) is 6.83. The summed E-state index contributed by atoms with van der Waals surface area (Å²) >= 11 is 0. The summed E-state index contributed by atoms with van der Waals surface area (Å²) in [4.78, 5) is 29.7. The minimum absolute atomic E-state index is 0.0229. The predicted molar refractivity (Wildman–Crippen MR) is 102 cm³/mol. The van der Waals surface area contributed by atoms with E-state index >= 15 is 0 Å². The van der Waals surface area contributed by atoms with Crippen molar-refractivity contribution in [1.82, 2.24) is 4.98 Å². The number of amides is 1. The number of hydrogen-bond acceptors (Lipinski definition) is 5. The Morgan fingerprint density at radius 2 is 2.07 bits per heavy atom. The average Bonchev–Trinajstić information content (AvgIpc) is 3.15. The lowest BCUT2D eigenvalue weighted by molar-refractivity contribution is 0.102. The van der Waals surface area contributed by atoms with E-state index in [4.69, 9.17) is 9.15 Å². The number of ether oxygens (including phenoxy) is 1. The number of nitrogens with one attached hydrogen (secondary N) is 1. The van der Waals surface area contributed by atoms with Crippen molar-refractivity contribution in [2.75, 3.05) is 18.5 Å². The summed E-state index contributed by atoms with van der Waals surface area (Å²) < 4.78 is 10.8. The third-order valence-corrected chi connectivity index (χ3v) is 4.85. The Hall–Kier alpha value is -2.99. The summed E-state index contributed by atoms with van der Waals surface area (Å²) in [5, 5.41) is 3.65. The summed E-state index contributed by atoms with van der Waals surface area (Å²) in [6.07, 6.45) is 0.816. The molecule has 1 aliphatic heterocycles. The Morgan fingerprint density at radius 3 is 2.81 bits per heavy atom. The first-order chi connectivity index (χ1) is 13.0. The largest absolute Gasteiger partial charge is 0.427 e. The molecule has 1 amide bonds. The second-order valence-electron chi connectivity index (χ2n) is 6.83. The first-order valence-electron chi connectivity index (χ1n) is 8.93. The molecule has 2 aromatic heterocycles. The van der Waals surface area contributed by atoms with Gasteiger partial charge in [0.1, 0.15) is 11.3 Å². The van der Waals surface area contributed by atoms with Crippen LogP contribution < -0.4 is 10.9 Å². The van der Waals surface area contributed by atoms with E-state index in [2.05, 4.69) is 10.3 Å². The van der Waals surface area contributed by atoms with Crippen molar-refractivity contribution in [3.05, 3.63) is 69.4 Å². The number of pyridine rings is 1. The van der Waals surface area contributed by atoms with Crippen LogP contribution in [0.15, 0.2) is 45.6 Å². The number of anilines is 1. The van der Waals surface area contributed by atoms with Crippen molar-refractivity contribution in [2.24, 2.45) is 0 Å². The zero-order chi connectivity index (χ0) is 19.0. The lowest BCUT2D eigenvalue weighted by Crippen LogP contribution is -2.23. The number of nitrogens with zero attached hydrogens (tertiary/aromatic N) is 1. The van der Waals surface area contributed by atoms with E-state index in [1.165, 1.54) is 0 Å². The Bertz CT molecular complexity index is 1080. The van der Waals surface area contributed by atoms with Gasteiger partial charge >= 0.3 is 5.63 Å². The highest BCUT2D eigenvalue weighted by Gasteiger charge is 2.24. The maximum Gasteiger partial charge on any atom is 0.349 e. The first kappa shape index (κ1) is 17.4. The smallest absolute Gasteiger partial charge is 0.349 e. The number of carbonyl (C=O) groups excluding carboxylic acids is 1. The van der Waals surface area contributed by atoms with Gasteiger partial charge in [0.15, 0.2) is 0 Å². The molecule has 1 aliphatic rings. The summed E-state index contributed by atoms with van der Waals surface area (Å²) in [5.74, 6) is 0.167. The quantitative estimate of drug-likeness (QED) is 0.768. The topological polar surface area (TPSA) is 81.4 Å². The first-order valence-corrected chi connectivity index (χ1v) is 8.93. The maximum absolute atomic E-state index is 12.8. The van der Waals surface area contributed by atoms with Gasteiger partial charge in [0.2, 0.25) is 0 Å². The van der Waals surface area contributed by atoms with Gasteiger partial charge in [-0.2, -0.15) is 0 Å². The number of fused-ring (bicyclic) bond motifs is 1. The highest BCUT2D eigenvalue weighted by molar-refractivity contribution is 6.09. The van der Waals surface area contributed by atoms with E-state index in [0.29, 0.717) is 30.2 Å². The molecule has 6 nitrogen and oxygen atoms in total. The van der Waals surface area contributed by atoms with Crippen LogP contribution in [0.3, 0.4) is 0 Å². The van der Waals surface area contributed by atoms with Gasteiger partial charge in [-0.1, -0.05) is 6.07 Å². The molecule has 0 radical (unpaired) electrons. The van der Waals surface area contributed by atoms with Gasteiger partial charge < -0.3 is 14.5 Å². The molecule has 3 aromatic rings. The Kier molecular flexibility index (Phi) is 4.49. The zero-order valence-electron chi connectivity index (χ0n) is 15.2. The van der Waals surface area contributed by atoms with Crippen molar-refractivity contribution < 1.29 is 13.9 Å². The van der Waals surface area contributed by atoms with Gasteiger partial charge in [-0.15, -0.1) is 0 Å². The van der Waals surface area contributed by atoms with E-state index in [1.54, 1.807) is 19.1 Å². The van der Waals surface area contributed by atoms with Crippen molar-refractivity contribution in [3.8, 4) is 0 Å². The standard InChI is InChI=1S/C21H20N2O4/c1-12-10-18(14-8-9-26-11-14)27-21(25)19(12)20(24)23-17-5-3-4-16-15(17)7-6-13(2)22-16/h3-7,10,14H,8-9,11H2,1-2H3,(H,23,24). The number of aryl methyl sites for hydroxylation is 2. The molecule has 0 saturated carbocycles. The molecule has 1 fully saturated rings. The van der Waals surface area contributed by atoms with Gasteiger partial charge in [-0.25, -0.2) is 4.79 Å². The van der Waals surface area contributed by atoms with Crippen molar-refractivity contribution >= 4 is 22.5 Å². The highest BCUT2D eigenvalue weighted by atomic mass is 16.5. The third-order valence-electron chi connectivity index (χ3n) is 4.85. The molecule has 27 heavy (non-hydrogen) atoms. The van der Waals surface area contributed by atoms with Gasteiger partial charge in [-0.05, 0) is 56.2 Å². The van der Waals surface area contributed by atoms with Crippen molar-refractivity contribution in [1.29, 1.82) is 0 Å². The van der Waals surface area contributed by atoms with Crippen LogP contribution in [0.5, 0.6) is 0 Å². The minimum atomic E-state index is -0.622. The number of aromatic nitrogens is 1. The number of carbonyl (C=O) groups is 1. The average molecular weight is 364 g/mol. The van der Waals surface area contributed by atoms with E-state index < -0.39 is 11.5 Å². The van der Waals surface area contributed by atoms with Crippen LogP contribution in [0, 0.1) is 13.8 Å². The van der Waals surface area contributed by atoms with Gasteiger partial charge in [-0.3, -0.25) is 9.78 Å². The van der Waals surface area contributed by atoms with E-state index in [9.17, 15) is 9.59 Å². The molecule has 1 unspecified atom stereocenters. The molecule has 1 saturated heterocycles. The summed E-state index contributed by atoms with van der Waals surface area (Å²) in [5.41, 5.74) is 2.29. The molecule has 1 atom stereocenters. The van der Waals surface area contributed by atoms with Crippen molar-refractivity contribution in [3.63, 3.8) is 0 Å². The summed E-state index contributed by atoms with van der Waals surface area (Å²) in [6.45, 7) is 4.86. The summed E-state index contributed by atoms with van der Waals surface area (Å²) in [6, 6.07) is 11.1. The Balaban J connectivity index is 1.67. The molecule has 0 aliphatic carbocycles. The molecular weight excluding hydrogens is 344 g/mol. The fraction of sp³-hybridized carbons (Fsp3) is 0.286. The van der Waals surface area contributed by atoms with E-state index in [0.717, 1.165) is 23.0 Å². The number of benzene rings is 1. The lowest BCUT2D eigenvalue weighted by Gasteiger charge is -2.12. The zero-order valence-corrected chi connectivity index (χ0v) is 15.2. The molecule has 3 heterocycles. The molecule has 6 heteroatoms. The van der Waals surface area contributed by atoms with Crippen LogP contribution in [0.2, 0.25) is 0 Å². The second kappa shape index (κ2) is 6.96. The van der Waals surface area contributed by atoms with Crippen LogP contribution in [-0.2, 0) is 4.74 Å². The molecule has 0 bridgehead atoms. The Morgan fingerprint density at radius 1 is 1.22 bits per heavy atom. The van der Waals surface area contributed by atoms with Gasteiger partial charge in [0.25, 0.3) is 5.91 Å². The predicted octanol–water partition coefficient (Wildman–Crippen LogP) is 3.56. The summed E-state index contributed by atoms with van der Waals surface area (Å²) in [7, 11) is 0. The monoisotopic (exact) mass is 364 g/mol. The maximum atomic E-state index is 12.8. The van der Waals surface area contributed by atoms with Gasteiger partial charge in [0.05, 0.1) is 17.8 Å². The third kappa shape index (κ3) is 3.36. The SMILES string of the molecule is Cc1ccc2c(NC(=O)c3c(C)cc(C4CCOC4)oc3=O)cccc2n1. The van der Waals surface area contributed by atoms with E-state index in [1.807, 2.05) is 31.2 Å². The minimum Gasteiger partial charge on any atom is -0.427 e. The lowest BCUT2D eigenvalue weighted by atomic mass is 10.0. The van der Waals surface area contributed by atoms with Crippen LogP contribution in [0.4, 0.5) is 5.69 Å². The molecule has 138 valence electrons.